The zero-order chi connectivity index (χ0) is 21.1. The second-order valence-electron chi connectivity index (χ2n) is 8.42. The molecule has 0 saturated carbocycles. The number of rotatable bonds is 6. The normalized spacial score (nSPS) is 18.8. The maximum atomic E-state index is 2.46. The summed E-state index contributed by atoms with van der Waals surface area (Å²) in [5, 5.41) is 0. The van der Waals surface area contributed by atoms with Gasteiger partial charge in [0, 0.05) is 0 Å². The number of allylic oxidation sites excluding steroid dienone is 8. The van der Waals surface area contributed by atoms with Crippen molar-refractivity contribution in [2.24, 2.45) is 11.8 Å². The van der Waals surface area contributed by atoms with Crippen molar-refractivity contribution in [3.8, 4) is 0 Å². The molecule has 32 heavy (non-hydrogen) atoms. The van der Waals surface area contributed by atoms with Crippen LogP contribution in [0.1, 0.15) is 51.7 Å². The van der Waals surface area contributed by atoms with Gasteiger partial charge in [-0.1, -0.05) is 0 Å². The zero-order valence-corrected chi connectivity index (χ0v) is 22.5. The van der Waals surface area contributed by atoms with Crippen LogP contribution in [-0.4, -0.2) is 3.81 Å². The van der Waals surface area contributed by atoms with Crippen LogP contribution in [0.5, 0.6) is 0 Å². The van der Waals surface area contributed by atoms with Gasteiger partial charge in [0.05, 0.1) is 0 Å². The summed E-state index contributed by atoms with van der Waals surface area (Å²) in [5.41, 5.74) is 5.84. The molecular weight excluding hydrogens is 467 g/mol. The molecule has 0 fully saturated rings. The van der Waals surface area contributed by atoms with E-state index in [0.29, 0.717) is 11.8 Å². The van der Waals surface area contributed by atoms with Gasteiger partial charge >= 0.3 is 189 Å². The minimum absolute atomic E-state index is 0. The van der Waals surface area contributed by atoms with E-state index in [4.69, 9.17) is 0 Å². The third kappa shape index (κ3) is 5.21. The summed E-state index contributed by atoms with van der Waals surface area (Å²) in [7, 11) is 0. The van der Waals surface area contributed by atoms with Crippen LogP contribution in [0.25, 0.3) is 0 Å². The Morgan fingerprint density at radius 2 is 1.03 bits per heavy atom. The minimum Gasteiger partial charge on any atom is -1.00 e. The van der Waals surface area contributed by atoms with Crippen molar-refractivity contribution < 1.29 is 42.2 Å². The van der Waals surface area contributed by atoms with E-state index in [1.54, 1.807) is 11.6 Å². The molecule has 0 N–H and O–H groups in total. The topological polar surface area (TPSA) is 0 Å². The molecule has 2 aliphatic carbocycles. The van der Waals surface area contributed by atoms with Gasteiger partial charge in [0.2, 0.25) is 0 Å². The van der Waals surface area contributed by atoms with Gasteiger partial charge in [-0.05, 0) is 0 Å². The third-order valence-corrected chi connectivity index (χ3v) is 12.3. The molecule has 0 aliphatic heterocycles. The number of benzene rings is 2. The van der Waals surface area contributed by atoms with E-state index in [1.165, 1.54) is 35.1 Å². The van der Waals surface area contributed by atoms with Crippen LogP contribution < -0.4 is 24.8 Å². The molecule has 2 aliphatic rings. The summed E-state index contributed by atoms with van der Waals surface area (Å²) in [5.74, 6) is 1.17. The first-order chi connectivity index (χ1) is 14.7. The first-order valence-electron chi connectivity index (χ1n) is 11.3. The van der Waals surface area contributed by atoms with E-state index in [-0.39, 0.29) is 24.8 Å². The molecule has 0 spiro atoms. The van der Waals surface area contributed by atoms with Crippen LogP contribution in [-0.2, 0) is 17.4 Å². The van der Waals surface area contributed by atoms with Crippen molar-refractivity contribution in [1.29, 1.82) is 0 Å². The molecule has 2 aromatic rings. The van der Waals surface area contributed by atoms with Crippen molar-refractivity contribution in [3.05, 3.63) is 115 Å². The molecule has 0 heterocycles. The van der Waals surface area contributed by atoms with E-state index in [0.717, 1.165) is 0 Å². The molecule has 2 aromatic carbocycles. The summed E-state index contributed by atoms with van der Waals surface area (Å²) in [6, 6.07) is 22.4. The summed E-state index contributed by atoms with van der Waals surface area (Å²) >= 11 is -2.01. The average Bonchev–Trinajstić information content (AvgIpc) is 3.35. The van der Waals surface area contributed by atoms with Crippen LogP contribution in [0.15, 0.2) is 104 Å². The van der Waals surface area contributed by atoms with Gasteiger partial charge in [-0.25, -0.2) is 0 Å². The predicted molar refractivity (Wildman–Crippen MR) is 127 cm³/mol. The number of hydrogen-bond acceptors (Lipinski definition) is 0. The van der Waals surface area contributed by atoms with Gasteiger partial charge in [-0.3, -0.25) is 0 Å². The molecule has 2 atom stereocenters. The van der Waals surface area contributed by atoms with E-state index in [1.807, 2.05) is 0 Å². The van der Waals surface area contributed by atoms with Gasteiger partial charge in [0.1, 0.15) is 0 Å². The van der Waals surface area contributed by atoms with Crippen LogP contribution in [0, 0.1) is 11.8 Å². The first-order valence-corrected chi connectivity index (χ1v) is 13.6. The summed E-state index contributed by atoms with van der Waals surface area (Å²) < 4.78 is 5.14. The van der Waals surface area contributed by atoms with Crippen LogP contribution in [0.3, 0.4) is 0 Å². The van der Waals surface area contributed by atoms with Crippen LogP contribution in [0.2, 0.25) is 0 Å². The van der Waals surface area contributed by atoms with Gasteiger partial charge in [0.25, 0.3) is 0 Å². The summed E-state index contributed by atoms with van der Waals surface area (Å²) in [6.45, 7) is 9.39. The largest absolute Gasteiger partial charge is 1.00 e. The van der Waals surface area contributed by atoms with Gasteiger partial charge in [-0.2, -0.15) is 0 Å². The third-order valence-electron chi connectivity index (χ3n) is 6.54. The van der Waals surface area contributed by atoms with Crippen molar-refractivity contribution in [3.63, 3.8) is 0 Å². The molecule has 0 amide bonds. The molecule has 166 valence electrons. The average molecular weight is 499 g/mol. The second-order valence-corrected chi connectivity index (χ2v) is 12.1. The fourth-order valence-electron chi connectivity index (χ4n) is 5.00. The molecule has 4 rings (SSSR count). The van der Waals surface area contributed by atoms with Crippen molar-refractivity contribution in [1.82, 2.24) is 0 Å². The van der Waals surface area contributed by atoms with E-state index in [9.17, 15) is 0 Å². The quantitative estimate of drug-likeness (QED) is 0.531. The Balaban J connectivity index is 0.00000181. The molecule has 0 saturated heterocycles. The first kappa shape index (κ1) is 26.8. The molecule has 0 nitrogen and oxygen atoms in total. The predicted octanol–water partition coefficient (Wildman–Crippen LogP) is 1.62. The molecule has 0 bridgehead atoms. The summed E-state index contributed by atoms with van der Waals surface area (Å²) in [6.07, 6.45) is 12.1. The Kier molecular flexibility index (Phi) is 10.2. The molecule has 3 heteroatoms. The Hall–Kier alpha value is -1.44. The Bertz CT molecular complexity index is 987. The van der Waals surface area contributed by atoms with Gasteiger partial charge in [0.15, 0.2) is 0 Å². The Morgan fingerprint density at radius 3 is 1.38 bits per heavy atom. The monoisotopic (exact) mass is 498 g/mol. The van der Waals surface area contributed by atoms with E-state index < -0.39 is 17.4 Å². The maximum Gasteiger partial charge on any atom is -1.00 e. The minimum atomic E-state index is -2.01. The fraction of sp³-hybridized carbons (Fsp3) is 0.276. The smallest absolute Gasteiger partial charge is 1.00 e. The SMILES string of the molecule is CCC1C=CC(C)=[C]1[Ti+2]([C]1=C(C)C=CC1CC)=[C](c1ccccc1)c1ccccc1.[Cl-].[Cl-]. The maximum absolute atomic E-state index is 2.46. The Labute approximate surface area is 212 Å². The van der Waals surface area contributed by atoms with Crippen molar-refractivity contribution in [2.75, 3.05) is 0 Å². The van der Waals surface area contributed by atoms with E-state index >= 15 is 0 Å². The van der Waals surface area contributed by atoms with Crippen molar-refractivity contribution in [2.45, 2.75) is 40.5 Å². The van der Waals surface area contributed by atoms with Crippen LogP contribution in [0.4, 0.5) is 0 Å². The van der Waals surface area contributed by atoms with Gasteiger partial charge in [-0.15, -0.1) is 0 Å². The van der Waals surface area contributed by atoms with Crippen LogP contribution >= 0.6 is 0 Å². The fourth-order valence-corrected chi connectivity index (χ4v) is 11.3. The molecule has 0 aromatic heterocycles. The molecule has 2 unspecified atom stereocenters. The molecule has 0 radical (unpaired) electrons. The van der Waals surface area contributed by atoms with Crippen molar-refractivity contribution >= 4 is 3.81 Å². The van der Waals surface area contributed by atoms with Gasteiger partial charge < -0.3 is 24.8 Å². The standard InChI is InChI=1S/C13H10.2C8H11.2ClH.Ti/c1-3-7-12(8-4-1)11-13-9-5-2-6-10-13;2*1-3-8-5-4-7(2)6-8;;;/h1-10H;2*4-5,8H,3H2,1-2H3;2*1H;/q;;;;;+2/p-2. The molecular formula is C29H32Cl2Ti. The number of halogens is 2. The zero-order valence-electron chi connectivity index (χ0n) is 19.4. The summed E-state index contributed by atoms with van der Waals surface area (Å²) in [4.78, 5) is 0. The second kappa shape index (κ2) is 12.1. The number of hydrogen-bond donors (Lipinski definition) is 0. The Morgan fingerprint density at radius 1 is 0.656 bits per heavy atom. The van der Waals surface area contributed by atoms with E-state index in [2.05, 4.69) is 113 Å².